The molecule has 0 spiro atoms. The molecule has 0 saturated carbocycles. The molecule has 3 nitrogen and oxygen atoms in total. The van der Waals surface area contributed by atoms with Crippen molar-refractivity contribution in [1.82, 2.24) is 0 Å². The van der Waals surface area contributed by atoms with Gasteiger partial charge in [-0.25, -0.2) is 0 Å². The van der Waals surface area contributed by atoms with E-state index in [0.29, 0.717) is 12.5 Å². The predicted molar refractivity (Wildman–Crippen MR) is 68.5 cm³/mol. The minimum Gasteiger partial charge on any atom is -0.496 e. The number of hydrogen-bond acceptors (Lipinski definition) is 3. The van der Waals surface area contributed by atoms with Crippen LogP contribution >= 0.6 is 0 Å². The number of rotatable bonds is 4. The molecule has 0 amide bonds. The van der Waals surface area contributed by atoms with Gasteiger partial charge in [0.1, 0.15) is 5.75 Å². The quantitative estimate of drug-likeness (QED) is 0.869. The van der Waals surface area contributed by atoms with E-state index in [-0.39, 0.29) is 0 Å². The van der Waals surface area contributed by atoms with E-state index >= 15 is 0 Å². The fourth-order valence-corrected chi connectivity index (χ4v) is 2.43. The molecule has 1 heterocycles. The van der Waals surface area contributed by atoms with Crippen molar-refractivity contribution in [2.45, 2.75) is 25.2 Å². The van der Waals surface area contributed by atoms with Gasteiger partial charge in [0, 0.05) is 13.2 Å². The van der Waals surface area contributed by atoms with Gasteiger partial charge < -0.3 is 15.2 Å². The summed E-state index contributed by atoms with van der Waals surface area (Å²) < 4.78 is 10.8. The van der Waals surface area contributed by atoms with E-state index in [9.17, 15) is 0 Å². The standard InChI is InChI=1S/C14H21NO2/c1-16-14-3-2-12(10-13(14)4-7-15)11-5-8-17-9-6-11/h2-3,10-11H,4-9,15H2,1H3. The molecule has 0 atom stereocenters. The molecule has 94 valence electrons. The van der Waals surface area contributed by atoms with E-state index in [1.807, 2.05) is 0 Å². The van der Waals surface area contributed by atoms with Crippen molar-refractivity contribution >= 4 is 0 Å². The van der Waals surface area contributed by atoms with Crippen LogP contribution in [0.2, 0.25) is 0 Å². The molecule has 1 fully saturated rings. The summed E-state index contributed by atoms with van der Waals surface area (Å²) in [7, 11) is 1.71. The first-order valence-corrected chi connectivity index (χ1v) is 6.29. The Morgan fingerprint density at radius 1 is 1.35 bits per heavy atom. The zero-order chi connectivity index (χ0) is 12.1. The predicted octanol–water partition coefficient (Wildman–Crippen LogP) is 2.09. The molecule has 0 radical (unpaired) electrons. The summed E-state index contributed by atoms with van der Waals surface area (Å²) in [6.07, 6.45) is 3.11. The number of nitrogens with two attached hydrogens (primary N) is 1. The van der Waals surface area contributed by atoms with Crippen molar-refractivity contribution < 1.29 is 9.47 Å². The number of ether oxygens (including phenoxy) is 2. The van der Waals surface area contributed by atoms with Crippen molar-refractivity contribution in [3.05, 3.63) is 29.3 Å². The summed E-state index contributed by atoms with van der Waals surface area (Å²) in [4.78, 5) is 0. The molecule has 2 N–H and O–H groups in total. The lowest BCUT2D eigenvalue weighted by Crippen LogP contribution is -2.14. The van der Waals surface area contributed by atoms with Gasteiger partial charge in [-0.2, -0.15) is 0 Å². The summed E-state index contributed by atoms with van der Waals surface area (Å²) in [5.74, 6) is 1.58. The average Bonchev–Trinajstić information content (AvgIpc) is 2.40. The molecule has 1 aliphatic heterocycles. The normalized spacial score (nSPS) is 17.1. The maximum Gasteiger partial charge on any atom is 0.122 e. The van der Waals surface area contributed by atoms with Gasteiger partial charge in [-0.3, -0.25) is 0 Å². The Kier molecular flexibility index (Phi) is 4.40. The van der Waals surface area contributed by atoms with Crippen LogP contribution in [0.15, 0.2) is 18.2 Å². The third kappa shape index (κ3) is 2.99. The van der Waals surface area contributed by atoms with Crippen LogP contribution in [0.25, 0.3) is 0 Å². The average molecular weight is 235 g/mol. The molecule has 1 aliphatic rings. The largest absolute Gasteiger partial charge is 0.496 e. The highest BCUT2D eigenvalue weighted by molar-refractivity contribution is 5.39. The Morgan fingerprint density at radius 3 is 2.76 bits per heavy atom. The molecule has 17 heavy (non-hydrogen) atoms. The van der Waals surface area contributed by atoms with Gasteiger partial charge in [-0.05, 0) is 48.9 Å². The minimum atomic E-state index is 0.631. The van der Waals surface area contributed by atoms with Crippen LogP contribution in [0, 0.1) is 0 Å². The molecule has 3 heteroatoms. The highest BCUT2D eigenvalue weighted by Gasteiger charge is 2.17. The highest BCUT2D eigenvalue weighted by atomic mass is 16.5. The van der Waals surface area contributed by atoms with Crippen LogP contribution in [-0.2, 0) is 11.2 Å². The van der Waals surface area contributed by atoms with E-state index in [2.05, 4.69) is 18.2 Å². The Morgan fingerprint density at radius 2 is 2.12 bits per heavy atom. The molecular weight excluding hydrogens is 214 g/mol. The Bertz CT molecular complexity index is 359. The summed E-state index contributed by atoms with van der Waals surface area (Å²) in [5, 5.41) is 0. The summed E-state index contributed by atoms with van der Waals surface area (Å²) in [6.45, 7) is 2.42. The first-order valence-electron chi connectivity index (χ1n) is 6.29. The van der Waals surface area contributed by atoms with Crippen LogP contribution < -0.4 is 10.5 Å². The van der Waals surface area contributed by atoms with Crippen LogP contribution in [-0.4, -0.2) is 26.9 Å². The number of hydrogen-bond donors (Lipinski definition) is 1. The monoisotopic (exact) mass is 235 g/mol. The summed E-state index contributed by atoms with van der Waals surface area (Å²) in [6, 6.07) is 6.49. The van der Waals surface area contributed by atoms with E-state index < -0.39 is 0 Å². The number of methoxy groups -OCH3 is 1. The second kappa shape index (κ2) is 6.03. The van der Waals surface area contributed by atoms with Gasteiger partial charge in [-0.1, -0.05) is 12.1 Å². The lowest BCUT2D eigenvalue weighted by molar-refractivity contribution is 0.0853. The maximum absolute atomic E-state index is 5.64. The molecule has 0 aromatic heterocycles. The fourth-order valence-electron chi connectivity index (χ4n) is 2.43. The van der Waals surface area contributed by atoms with Gasteiger partial charge in [0.25, 0.3) is 0 Å². The SMILES string of the molecule is COc1ccc(C2CCOCC2)cc1CCN. The minimum absolute atomic E-state index is 0.631. The zero-order valence-corrected chi connectivity index (χ0v) is 10.4. The van der Waals surface area contributed by atoms with Crippen molar-refractivity contribution in [2.24, 2.45) is 5.73 Å². The van der Waals surface area contributed by atoms with Crippen molar-refractivity contribution in [3.8, 4) is 5.75 Å². The summed E-state index contributed by atoms with van der Waals surface area (Å²) in [5.41, 5.74) is 8.26. The molecule has 1 saturated heterocycles. The second-order valence-corrected chi connectivity index (χ2v) is 4.50. The molecule has 0 bridgehead atoms. The van der Waals surface area contributed by atoms with Gasteiger partial charge in [0.2, 0.25) is 0 Å². The Hall–Kier alpha value is -1.06. The molecule has 1 aromatic rings. The van der Waals surface area contributed by atoms with Crippen molar-refractivity contribution in [1.29, 1.82) is 0 Å². The third-order valence-electron chi connectivity index (χ3n) is 3.41. The highest BCUT2D eigenvalue weighted by Crippen LogP contribution is 2.30. The Labute approximate surface area is 103 Å². The summed E-state index contributed by atoms with van der Waals surface area (Å²) >= 11 is 0. The van der Waals surface area contributed by atoms with Gasteiger partial charge in [0.05, 0.1) is 7.11 Å². The second-order valence-electron chi connectivity index (χ2n) is 4.50. The topological polar surface area (TPSA) is 44.5 Å². The molecular formula is C14H21NO2. The molecule has 2 rings (SSSR count). The van der Waals surface area contributed by atoms with E-state index in [1.54, 1.807) is 7.11 Å². The molecule has 0 aliphatic carbocycles. The van der Waals surface area contributed by atoms with Gasteiger partial charge >= 0.3 is 0 Å². The van der Waals surface area contributed by atoms with Gasteiger partial charge in [0.15, 0.2) is 0 Å². The molecule has 1 aromatic carbocycles. The smallest absolute Gasteiger partial charge is 0.122 e. The van der Waals surface area contributed by atoms with E-state index in [4.69, 9.17) is 15.2 Å². The maximum atomic E-state index is 5.64. The van der Waals surface area contributed by atoms with Crippen LogP contribution in [0.1, 0.15) is 29.9 Å². The molecule has 0 unspecified atom stereocenters. The van der Waals surface area contributed by atoms with Crippen molar-refractivity contribution in [3.63, 3.8) is 0 Å². The van der Waals surface area contributed by atoms with E-state index in [0.717, 1.165) is 38.2 Å². The van der Waals surface area contributed by atoms with E-state index in [1.165, 1.54) is 11.1 Å². The van der Waals surface area contributed by atoms with Gasteiger partial charge in [-0.15, -0.1) is 0 Å². The fraction of sp³-hybridized carbons (Fsp3) is 0.571. The first kappa shape index (κ1) is 12.4. The van der Waals surface area contributed by atoms with Crippen molar-refractivity contribution in [2.75, 3.05) is 26.9 Å². The van der Waals surface area contributed by atoms with Crippen LogP contribution in [0.5, 0.6) is 5.75 Å². The Balaban J connectivity index is 2.19. The lowest BCUT2D eigenvalue weighted by atomic mass is 9.90. The lowest BCUT2D eigenvalue weighted by Gasteiger charge is -2.23. The zero-order valence-electron chi connectivity index (χ0n) is 10.4. The number of benzene rings is 1. The van der Waals surface area contributed by atoms with Crippen LogP contribution in [0.3, 0.4) is 0 Å². The van der Waals surface area contributed by atoms with Crippen LogP contribution in [0.4, 0.5) is 0 Å². The first-order chi connectivity index (χ1) is 8.35. The third-order valence-corrected chi connectivity index (χ3v) is 3.41.